The minimum Gasteiger partial charge on any atom is -0.311 e. The third kappa shape index (κ3) is 3.55. The fourth-order valence-electron chi connectivity index (χ4n) is 8.38. The van der Waals surface area contributed by atoms with Gasteiger partial charge in [0.05, 0.1) is 16.8 Å². The van der Waals surface area contributed by atoms with Crippen LogP contribution in [0.5, 0.6) is 0 Å². The molecule has 0 radical (unpaired) electrons. The molecule has 0 aromatic heterocycles. The lowest BCUT2D eigenvalue weighted by Crippen LogP contribution is -2.36. The largest absolute Gasteiger partial charge is 0.311 e. The lowest BCUT2D eigenvalue weighted by molar-refractivity contribution is 0.755. The van der Waals surface area contributed by atoms with Gasteiger partial charge >= 0.3 is 0 Å². The molecule has 10 rings (SSSR count). The molecule has 0 unspecified atom stereocenters. The summed E-state index contributed by atoms with van der Waals surface area (Å²) in [5, 5.41) is 5.36. The molecule has 1 aliphatic carbocycles. The lowest BCUT2D eigenvalue weighted by Gasteiger charge is -2.45. The predicted molar refractivity (Wildman–Crippen MR) is 196 cm³/mol. The van der Waals surface area contributed by atoms with Gasteiger partial charge in [-0.05, 0) is 104 Å². The zero-order valence-corrected chi connectivity index (χ0v) is 25.7. The Kier molecular flexibility index (Phi) is 5.53. The highest BCUT2D eigenvalue weighted by Crippen LogP contribution is 2.62. The molecule has 8 aromatic carbocycles. The van der Waals surface area contributed by atoms with E-state index in [1.54, 1.807) is 0 Å². The van der Waals surface area contributed by atoms with Crippen LogP contribution < -0.4 is 9.80 Å². The van der Waals surface area contributed by atoms with Crippen molar-refractivity contribution in [1.82, 2.24) is 0 Å². The second-order valence-corrected chi connectivity index (χ2v) is 12.5. The number of hydrogen-bond acceptors (Lipinski definition) is 2. The molecule has 0 atom stereocenters. The first-order valence-corrected chi connectivity index (χ1v) is 16.3. The van der Waals surface area contributed by atoms with E-state index in [1.165, 1.54) is 55.2 Å². The van der Waals surface area contributed by atoms with Crippen LogP contribution in [0.2, 0.25) is 0 Å². The first-order valence-electron chi connectivity index (χ1n) is 16.3. The van der Waals surface area contributed by atoms with E-state index in [4.69, 9.17) is 0 Å². The summed E-state index contributed by atoms with van der Waals surface area (Å²) in [5.74, 6) is 0. The second-order valence-electron chi connectivity index (χ2n) is 12.5. The Morgan fingerprint density at radius 3 is 1.28 bits per heavy atom. The third-order valence-corrected chi connectivity index (χ3v) is 10.2. The van der Waals surface area contributed by atoms with Crippen molar-refractivity contribution in [2.24, 2.45) is 0 Å². The molecule has 2 nitrogen and oxygen atoms in total. The van der Waals surface area contributed by atoms with E-state index >= 15 is 0 Å². The quantitative estimate of drug-likeness (QED) is 0.186. The van der Waals surface area contributed by atoms with Gasteiger partial charge in [0.15, 0.2) is 0 Å². The zero-order chi connectivity index (χ0) is 31.0. The first kappa shape index (κ1) is 26.1. The molecule has 0 amide bonds. The highest BCUT2D eigenvalue weighted by molar-refractivity contribution is 6.17. The van der Waals surface area contributed by atoms with Crippen LogP contribution in [0.1, 0.15) is 22.3 Å². The molecule has 0 fully saturated rings. The smallest absolute Gasteiger partial charge is 0.0754 e. The van der Waals surface area contributed by atoms with Crippen molar-refractivity contribution in [3.05, 3.63) is 204 Å². The van der Waals surface area contributed by atoms with Gasteiger partial charge < -0.3 is 9.80 Å². The van der Waals surface area contributed by atoms with Crippen molar-refractivity contribution >= 4 is 55.7 Å². The topological polar surface area (TPSA) is 6.48 Å². The summed E-state index contributed by atoms with van der Waals surface area (Å²) in [6, 6.07) is 66.6. The van der Waals surface area contributed by atoms with Crippen LogP contribution >= 0.6 is 0 Å². The standard InChI is InChI=1S/C45H30N2/c1-3-15-33(16-4-1)46(34-17-5-2-6-18-34)35-27-29-36(30-28-35)47-41-23-9-7-19-37(41)45(38-20-8-10-24-42(38)47)39-21-11-13-31-25-26-32-14-12-22-40(45)44(32)43(31)39/h1-30H. The number of rotatable bonds is 4. The number of benzene rings is 8. The van der Waals surface area contributed by atoms with E-state index < -0.39 is 5.41 Å². The SMILES string of the molecule is c1ccc(N(c2ccccc2)c2ccc(N3c4ccccc4C4(c5ccccc53)c3cccc5ccc6cccc4c6c35)cc2)cc1. The fourth-order valence-corrected chi connectivity index (χ4v) is 8.38. The Hall–Kier alpha value is -6.12. The van der Waals surface area contributed by atoms with E-state index in [0.717, 1.165) is 22.7 Å². The van der Waals surface area contributed by atoms with Crippen LogP contribution in [0.4, 0.5) is 34.1 Å². The molecular weight excluding hydrogens is 569 g/mol. The minimum absolute atomic E-state index is 0.413. The Morgan fingerprint density at radius 2 is 0.766 bits per heavy atom. The maximum Gasteiger partial charge on any atom is 0.0754 e. The summed E-state index contributed by atoms with van der Waals surface area (Å²) >= 11 is 0. The monoisotopic (exact) mass is 598 g/mol. The first-order chi connectivity index (χ1) is 23.3. The predicted octanol–water partition coefficient (Wildman–Crippen LogP) is 11.9. The number of hydrogen-bond donors (Lipinski definition) is 0. The Bertz CT molecular complexity index is 2310. The number of anilines is 6. The van der Waals surface area contributed by atoms with Crippen LogP contribution in [0.3, 0.4) is 0 Å². The molecule has 0 bridgehead atoms. The van der Waals surface area contributed by atoms with Gasteiger partial charge in [0.2, 0.25) is 0 Å². The Labute approximate surface area is 274 Å². The third-order valence-electron chi connectivity index (χ3n) is 10.2. The lowest BCUT2D eigenvalue weighted by atomic mass is 9.64. The number of fused-ring (bicyclic) bond motifs is 6. The summed E-state index contributed by atoms with van der Waals surface area (Å²) in [4.78, 5) is 4.77. The minimum atomic E-state index is -0.413. The zero-order valence-electron chi connectivity index (χ0n) is 25.7. The molecule has 1 spiro atoms. The molecule has 0 N–H and O–H groups in total. The van der Waals surface area contributed by atoms with Gasteiger partial charge in [-0.15, -0.1) is 0 Å². The van der Waals surface area contributed by atoms with Crippen LogP contribution in [0.25, 0.3) is 21.5 Å². The molecule has 2 aliphatic rings. The summed E-state index contributed by atoms with van der Waals surface area (Å²) in [7, 11) is 0. The van der Waals surface area contributed by atoms with E-state index in [9.17, 15) is 0 Å². The second kappa shape index (κ2) is 9.94. The van der Waals surface area contributed by atoms with Crippen LogP contribution in [0, 0.1) is 0 Å². The molecule has 0 saturated heterocycles. The van der Waals surface area contributed by atoms with Gasteiger partial charge in [0.1, 0.15) is 0 Å². The highest BCUT2D eigenvalue weighted by Gasteiger charge is 2.50. The van der Waals surface area contributed by atoms with Crippen LogP contribution in [-0.4, -0.2) is 0 Å². The van der Waals surface area contributed by atoms with Crippen molar-refractivity contribution in [2.45, 2.75) is 5.41 Å². The molecular formula is C45H30N2. The summed E-state index contributed by atoms with van der Waals surface area (Å²) in [5.41, 5.74) is 11.9. The van der Waals surface area contributed by atoms with Gasteiger partial charge in [0, 0.05) is 22.7 Å². The van der Waals surface area contributed by atoms with Gasteiger partial charge in [-0.3, -0.25) is 0 Å². The molecule has 1 heterocycles. The van der Waals surface area contributed by atoms with Crippen molar-refractivity contribution in [1.29, 1.82) is 0 Å². The van der Waals surface area contributed by atoms with Gasteiger partial charge in [-0.25, -0.2) is 0 Å². The molecule has 8 aromatic rings. The van der Waals surface area contributed by atoms with Crippen molar-refractivity contribution in [3.8, 4) is 0 Å². The molecule has 0 saturated carbocycles. The normalized spacial score (nSPS) is 13.7. The average molecular weight is 599 g/mol. The summed E-state index contributed by atoms with van der Waals surface area (Å²) in [6.07, 6.45) is 0. The molecule has 220 valence electrons. The molecule has 1 aliphatic heterocycles. The van der Waals surface area contributed by atoms with Crippen LogP contribution in [-0.2, 0) is 5.41 Å². The van der Waals surface area contributed by atoms with Crippen molar-refractivity contribution < 1.29 is 0 Å². The van der Waals surface area contributed by atoms with E-state index in [0.29, 0.717) is 0 Å². The molecule has 2 heteroatoms. The van der Waals surface area contributed by atoms with Gasteiger partial charge in [-0.1, -0.05) is 121 Å². The maximum absolute atomic E-state index is 2.46. The average Bonchev–Trinajstić information content (AvgIpc) is 3.45. The van der Waals surface area contributed by atoms with Crippen molar-refractivity contribution in [2.75, 3.05) is 9.80 Å². The number of nitrogens with zero attached hydrogens (tertiary/aromatic N) is 2. The van der Waals surface area contributed by atoms with Gasteiger partial charge in [-0.2, -0.15) is 0 Å². The fraction of sp³-hybridized carbons (Fsp3) is 0.0222. The number of para-hydroxylation sites is 4. The van der Waals surface area contributed by atoms with E-state index in [1.807, 2.05) is 0 Å². The van der Waals surface area contributed by atoms with Crippen LogP contribution in [0.15, 0.2) is 182 Å². The van der Waals surface area contributed by atoms with E-state index in [-0.39, 0.29) is 0 Å². The van der Waals surface area contributed by atoms with Crippen molar-refractivity contribution in [3.63, 3.8) is 0 Å². The highest BCUT2D eigenvalue weighted by atomic mass is 15.2. The van der Waals surface area contributed by atoms with E-state index in [2.05, 4.69) is 192 Å². The Balaban J connectivity index is 1.19. The summed E-state index contributed by atoms with van der Waals surface area (Å²) in [6.45, 7) is 0. The summed E-state index contributed by atoms with van der Waals surface area (Å²) < 4.78 is 0. The molecule has 47 heavy (non-hydrogen) atoms. The Morgan fingerprint density at radius 1 is 0.340 bits per heavy atom. The van der Waals surface area contributed by atoms with Gasteiger partial charge in [0.25, 0.3) is 0 Å². The maximum atomic E-state index is 2.46.